The minimum Gasteiger partial charge on any atom is -0.398 e. The first-order valence-electron chi connectivity index (χ1n) is 9.38. The van der Waals surface area contributed by atoms with Gasteiger partial charge in [-0.25, -0.2) is 14.1 Å². The van der Waals surface area contributed by atoms with Crippen LogP contribution in [0.1, 0.15) is 48.2 Å². The first-order valence-corrected chi connectivity index (χ1v) is 9.38. The standard InChI is InChI=1S/C21H22FN5O.ClH/c1-13(2)20-24-19(25-27(20)18-10-4-3-8-15(18)22)21(28)26-12-6-7-14-16(23)9-5-11-17(14)26;/h3-5,8-11,13H,6-7,12,23H2,1-2H3;1H. The van der Waals surface area contributed by atoms with Crippen molar-refractivity contribution in [3.05, 3.63) is 65.5 Å². The topological polar surface area (TPSA) is 77.0 Å². The van der Waals surface area contributed by atoms with Gasteiger partial charge in [-0.05, 0) is 42.7 Å². The number of para-hydroxylation sites is 1. The summed E-state index contributed by atoms with van der Waals surface area (Å²) >= 11 is 0. The molecular weight excluding hydrogens is 393 g/mol. The third kappa shape index (κ3) is 3.70. The van der Waals surface area contributed by atoms with Crippen molar-refractivity contribution in [2.75, 3.05) is 17.2 Å². The summed E-state index contributed by atoms with van der Waals surface area (Å²) in [6.07, 6.45) is 1.65. The van der Waals surface area contributed by atoms with Crippen LogP contribution in [0.3, 0.4) is 0 Å². The molecule has 0 saturated heterocycles. The number of amides is 1. The molecule has 1 aliphatic rings. The van der Waals surface area contributed by atoms with Crippen molar-refractivity contribution in [3.8, 4) is 5.69 Å². The van der Waals surface area contributed by atoms with Gasteiger partial charge in [-0.1, -0.05) is 32.0 Å². The maximum Gasteiger partial charge on any atom is 0.297 e. The van der Waals surface area contributed by atoms with Crippen LogP contribution in [-0.2, 0) is 6.42 Å². The molecule has 1 aliphatic heterocycles. The largest absolute Gasteiger partial charge is 0.398 e. The summed E-state index contributed by atoms with van der Waals surface area (Å²) in [5.74, 6) is -0.147. The Morgan fingerprint density at radius 3 is 2.59 bits per heavy atom. The molecule has 29 heavy (non-hydrogen) atoms. The van der Waals surface area contributed by atoms with E-state index < -0.39 is 5.82 Å². The first-order chi connectivity index (χ1) is 13.5. The first kappa shape index (κ1) is 20.8. The van der Waals surface area contributed by atoms with Gasteiger partial charge in [0, 0.05) is 23.8 Å². The molecular formula is C21H23ClFN5O. The number of anilines is 2. The van der Waals surface area contributed by atoms with E-state index in [1.54, 1.807) is 23.1 Å². The highest BCUT2D eigenvalue weighted by molar-refractivity contribution is 6.04. The summed E-state index contributed by atoms with van der Waals surface area (Å²) in [6.45, 7) is 4.44. The van der Waals surface area contributed by atoms with Crippen molar-refractivity contribution >= 4 is 29.7 Å². The molecule has 4 rings (SSSR count). The summed E-state index contributed by atoms with van der Waals surface area (Å²) in [5, 5.41) is 4.38. The highest BCUT2D eigenvalue weighted by Crippen LogP contribution is 2.32. The molecule has 2 aromatic carbocycles. The maximum absolute atomic E-state index is 14.3. The van der Waals surface area contributed by atoms with Crippen molar-refractivity contribution in [1.29, 1.82) is 0 Å². The molecule has 6 nitrogen and oxygen atoms in total. The Morgan fingerprint density at radius 1 is 1.14 bits per heavy atom. The average molecular weight is 416 g/mol. The molecule has 3 aromatic rings. The number of benzene rings is 2. The van der Waals surface area contributed by atoms with Crippen LogP contribution in [0.25, 0.3) is 5.69 Å². The van der Waals surface area contributed by atoms with E-state index in [0.717, 1.165) is 24.1 Å². The highest BCUT2D eigenvalue weighted by atomic mass is 35.5. The van der Waals surface area contributed by atoms with E-state index in [0.29, 0.717) is 18.1 Å². The zero-order chi connectivity index (χ0) is 19.8. The predicted molar refractivity (Wildman–Crippen MR) is 114 cm³/mol. The number of halogens is 2. The minimum atomic E-state index is -0.413. The molecule has 8 heteroatoms. The summed E-state index contributed by atoms with van der Waals surface area (Å²) in [5.41, 5.74) is 8.82. The molecule has 0 unspecified atom stereocenters. The quantitative estimate of drug-likeness (QED) is 0.652. The van der Waals surface area contributed by atoms with Crippen LogP contribution in [0.4, 0.5) is 15.8 Å². The van der Waals surface area contributed by atoms with Gasteiger partial charge >= 0.3 is 0 Å². The fourth-order valence-corrected chi connectivity index (χ4v) is 3.57. The molecule has 1 amide bonds. The Labute approximate surface area is 175 Å². The smallest absolute Gasteiger partial charge is 0.297 e. The fourth-order valence-electron chi connectivity index (χ4n) is 3.57. The summed E-state index contributed by atoms with van der Waals surface area (Å²) in [4.78, 5) is 19.4. The van der Waals surface area contributed by atoms with Gasteiger partial charge in [0.15, 0.2) is 0 Å². The van der Waals surface area contributed by atoms with Crippen LogP contribution in [0.5, 0.6) is 0 Å². The summed E-state index contributed by atoms with van der Waals surface area (Å²) < 4.78 is 15.8. The van der Waals surface area contributed by atoms with Gasteiger partial charge in [-0.3, -0.25) is 4.79 Å². The normalized spacial score (nSPS) is 13.2. The molecule has 1 aromatic heterocycles. The predicted octanol–water partition coefficient (Wildman–Crippen LogP) is 4.13. The number of aromatic nitrogens is 3. The third-order valence-corrected chi connectivity index (χ3v) is 4.95. The highest BCUT2D eigenvalue weighted by Gasteiger charge is 2.29. The van der Waals surface area contributed by atoms with Gasteiger partial charge in [0.25, 0.3) is 5.91 Å². The van der Waals surface area contributed by atoms with Gasteiger partial charge in [0.05, 0.1) is 0 Å². The Balaban J connectivity index is 0.00000240. The molecule has 0 spiro atoms. The van der Waals surface area contributed by atoms with E-state index in [1.807, 2.05) is 32.0 Å². The zero-order valence-corrected chi connectivity index (χ0v) is 17.1. The van der Waals surface area contributed by atoms with Crippen LogP contribution in [0.2, 0.25) is 0 Å². The Morgan fingerprint density at radius 2 is 1.86 bits per heavy atom. The number of fused-ring (bicyclic) bond motifs is 1. The number of hydrogen-bond donors (Lipinski definition) is 1. The zero-order valence-electron chi connectivity index (χ0n) is 16.3. The van der Waals surface area contributed by atoms with E-state index in [2.05, 4.69) is 10.1 Å². The molecule has 0 bridgehead atoms. The number of hydrogen-bond acceptors (Lipinski definition) is 4. The number of nitrogens with two attached hydrogens (primary N) is 1. The molecule has 2 N–H and O–H groups in total. The second-order valence-electron chi connectivity index (χ2n) is 7.22. The minimum absolute atomic E-state index is 0. The van der Waals surface area contributed by atoms with Crippen LogP contribution in [-0.4, -0.2) is 27.2 Å². The van der Waals surface area contributed by atoms with Gasteiger partial charge in [-0.2, -0.15) is 0 Å². The second kappa shape index (κ2) is 8.21. The summed E-state index contributed by atoms with van der Waals surface area (Å²) in [6, 6.07) is 11.9. The molecule has 0 radical (unpaired) electrons. The molecule has 152 valence electrons. The fraction of sp³-hybridized carbons (Fsp3) is 0.286. The van der Waals surface area contributed by atoms with Gasteiger partial charge in [-0.15, -0.1) is 17.5 Å². The number of nitrogens with zero attached hydrogens (tertiary/aromatic N) is 4. The molecule has 0 saturated carbocycles. The number of rotatable bonds is 3. The van der Waals surface area contributed by atoms with Gasteiger partial charge in [0.2, 0.25) is 5.82 Å². The van der Waals surface area contributed by atoms with E-state index in [1.165, 1.54) is 10.7 Å². The number of carbonyl (C=O) groups is 1. The number of nitrogen functional groups attached to an aromatic ring is 1. The van der Waals surface area contributed by atoms with Crippen molar-refractivity contribution in [2.24, 2.45) is 0 Å². The summed E-state index contributed by atoms with van der Waals surface area (Å²) in [7, 11) is 0. The number of carbonyl (C=O) groups excluding carboxylic acids is 1. The van der Waals surface area contributed by atoms with Crippen LogP contribution < -0.4 is 10.6 Å². The van der Waals surface area contributed by atoms with E-state index in [4.69, 9.17) is 5.73 Å². The maximum atomic E-state index is 14.3. The SMILES string of the molecule is CC(C)c1nc(C(=O)N2CCCc3c(N)cccc32)nn1-c1ccccc1F.Cl. The van der Waals surface area contributed by atoms with Crippen LogP contribution in [0, 0.1) is 5.82 Å². The van der Waals surface area contributed by atoms with Gasteiger partial charge in [0.1, 0.15) is 17.3 Å². The lowest BCUT2D eigenvalue weighted by Gasteiger charge is -2.29. The molecule has 2 heterocycles. The van der Waals surface area contributed by atoms with Crippen molar-refractivity contribution < 1.29 is 9.18 Å². The lowest BCUT2D eigenvalue weighted by atomic mass is 10.00. The van der Waals surface area contributed by atoms with E-state index in [-0.39, 0.29) is 35.7 Å². The monoisotopic (exact) mass is 415 g/mol. The molecule has 0 fully saturated rings. The van der Waals surface area contributed by atoms with Crippen LogP contribution in [0.15, 0.2) is 42.5 Å². The molecule has 0 atom stereocenters. The van der Waals surface area contributed by atoms with Crippen molar-refractivity contribution in [1.82, 2.24) is 14.8 Å². The Kier molecular flexibility index (Phi) is 5.88. The Hall–Kier alpha value is -2.93. The van der Waals surface area contributed by atoms with E-state index >= 15 is 0 Å². The lowest BCUT2D eigenvalue weighted by molar-refractivity contribution is 0.0975. The van der Waals surface area contributed by atoms with Gasteiger partial charge < -0.3 is 10.6 Å². The van der Waals surface area contributed by atoms with Crippen LogP contribution >= 0.6 is 12.4 Å². The average Bonchev–Trinajstić information content (AvgIpc) is 3.13. The molecule has 0 aliphatic carbocycles. The van der Waals surface area contributed by atoms with E-state index in [9.17, 15) is 9.18 Å². The van der Waals surface area contributed by atoms with Crippen molar-refractivity contribution in [3.63, 3.8) is 0 Å². The van der Waals surface area contributed by atoms with Crippen molar-refractivity contribution in [2.45, 2.75) is 32.6 Å². The lowest BCUT2D eigenvalue weighted by Crippen LogP contribution is -2.36. The Bertz CT molecular complexity index is 1050. The second-order valence-corrected chi connectivity index (χ2v) is 7.22. The third-order valence-electron chi connectivity index (χ3n) is 4.95.